The van der Waals surface area contributed by atoms with Gasteiger partial charge in [-0.2, -0.15) is 15.0 Å². The first kappa shape index (κ1) is 17.9. The number of carbonyl (C=O) groups excluding carboxylic acids is 1. The molecule has 1 heterocycles. The van der Waals surface area contributed by atoms with E-state index in [-0.39, 0.29) is 18.1 Å². The van der Waals surface area contributed by atoms with E-state index in [9.17, 15) is 9.90 Å². The van der Waals surface area contributed by atoms with Crippen molar-refractivity contribution in [2.75, 3.05) is 18.5 Å². The first-order valence-electron chi connectivity index (χ1n) is 8.25. The minimum absolute atomic E-state index is 0.0539. The zero-order valence-corrected chi connectivity index (χ0v) is 14.2. The van der Waals surface area contributed by atoms with Crippen molar-refractivity contribution in [3.63, 3.8) is 0 Å². The van der Waals surface area contributed by atoms with Crippen molar-refractivity contribution >= 4 is 11.7 Å². The molecule has 2 aromatic rings. The molecule has 3 N–H and O–H groups in total. The van der Waals surface area contributed by atoms with Gasteiger partial charge in [-0.1, -0.05) is 13.8 Å². The van der Waals surface area contributed by atoms with Crippen molar-refractivity contribution in [1.29, 1.82) is 0 Å². The van der Waals surface area contributed by atoms with E-state index in [1.807, 2.05) is 12.1 Å². The average Bonchev–Trinajstić information content (AvgIpc) is 3.14. The Kier molecular flexibility index (Phi) is 6.31. The fraction of sp³-hybridized carbons (Fsp3) is 0.471. The number of rotatable bonds is 8. The van der Waals surface area contributed by atoms with Crippen LogP contribution in [0.2, 0.25) is 0 Å². The van der Waals surface area contributed by atoms with E-state index in [1.54, 1.807) is 24.5 Å². The van der Waals surface area contributed by atoms with Crippen LogP contribution in [0.3, 0.4) is 0 Å². The number of hydrogen-bond acceptors (Lipinski definition) is 4. The van der Waals surface area contributed by atoms with Crippen LogP contribution < -0.4 is 10.6 Å². The SMILES string of the molecule is CCC(CC)(CCO)CNC(=O)Nc1ccc(-n2nccn2)cc1. The normalized spacial score (nSPS) is 11.3. The lowest BCUT2D eigenvalue weighted by molar-refractivity contribution is 0.165. The zero-order chi connectivity index (χ0) is 17.4. The molecule has 24 heavy (non-hydrogen) atoms. The van der Waals surface area contributed by atoms with Gasteiger partial charge >= 0.3 is 6.03 Å². The highest BCUT2D eigenvalue weighted by atomic mass is 16.3. The molecule has 7 heteroatoms. The van der Waals surface area contributed by atoms with Crippen LogP contribution in [0.1, 0.15) is 33.1 Å². The summed E-state index contributed by atoms with van der Waals surface area (Å²) in [5.41, 5.74) is 1.47. The molecule has 7 nitrogen and oxygen atoms in total. The number of urea groups is 1. The third-order valence-electron chi connectivity index (χ3n) is 4.54. The van der Waals surface area contributed by atoms with E-state index >= 15 is 0 Å². The lowest BCUT2D eigenvalue weighted by atomic mass is 9.79. The summed E-state index contributed by atoms with van der Waals surface area (Å²) in [4.78, 5) is 13.6. The summed E-state index contributed by atoms with van der Waals surface area (Å²) in [5.74, 6) is 0. The van der Waals surface area contributed by atoms with Crippen LogP contribution in [-0.4, -0.2) is 39.3 Å². The molecule has 0 radical (unpaired) electrons. The summed E-state index contributed by atoms with van der Waals surface area (Å²) in [6.07, 6.45) is 5.73. The van der Waals surface area contributed by atoms with Gasteiger partial charge in [0.25, 0.3) is 0 Å². The van der Waals surface area contributed by atoms with Gasteiger partial charge in [0.15, 0.2) is 0 Å². The monoisotopic (exact) mass is 331 g/mol. The Balaban J connectivity index is 1.90. The second kappa shape index (κ2) is 8.44. The molecule has 2 rings (SSSR count). The van der Waals surface area contributed by atoms with Gasteiger partial charge in [0, 0.05) is 18.8 Å². The average molecular weight is 331 g/mol. The molecule has 0 aliphatic rings. The van der Waals surface area contributed by atoms with Crippen LogP contribution in [0.5, 0.6) is 0 Å². The standard InChI is InChI=1S/C17H25N5O2/c1-3-17(4-2,9-12-23)13-18-16(24)21-14-5-7-15(8-6-14)22-19-10-11-20-22/h5-8,10-11,23H,3-4,9,12-13H2,1-2H3,(H2,18,21,24). The van der Waals surface area contributed by atoms with Gasteiger partial charge in [-0.25, -0.2) is 4.79 Å². The van der Waals surface area contributed by atoms with Gasteiger partial charge in [-0.3, -0.25) is 0 Å². The smallest absolute Gasteiger partial charge is 0.319 e. The van der Waals surface area contributed by atoms with Crippen molar-refractivity contribution in [1.82, 2.24) is 20.3 Å². The van der Waals surface area contributed by atoms with E-state index in [0.717, 1.165) is 18.5 Å². The van der Waals surface area contributed by atoms with Crippen LogP contribution in [-0.2, 0) is 0 Å². The molecule has 130 valence electrons. The van der Waals surface area contributed by atoms with E-state index in [4.69, 9.17) is 0 Å². The molecule has 0 spiro atoms. The summed E-state index contributed by atoms with van der Waals surface area (Å²) in [6.45, 7) is 4.84. The van der Waals surface area contributed by atoms with Crippen molar-refractivity contribution in [3.05, 3.63) is 36.7 Å². The topological polar surface area (TPSA) is 92.1 Å². The molecule has 0 bridgehead atoms. The molecule has 0 saturated heterocycles. The Labute approximate surface area is 142 Å². The maximum atomic E-state index is 12.1. The highest BCUT2D eigenvalue weighted by molar-refractivity contribution is 5.89. The molecule has 0 fully saturated rings. The number of nitrogens with zero attached hydrogens (tertiary/aromatic N) is 3. The first-order chi connectivity index (χ1) is 11.6. The molecule has 0 aliphatic carbocycles. The van der Waals surface area contributed by atoms with Gasteiger partial charge < -0.3 is 15.7 Å². The molecule has 1 aromatic heterocycles. The molecular formula is C17H25N5O2. The number of aliphatic hydroxyl groups is 1. The Bertz CT molecular complexity index is 621. The molecule has 0 saturated carbocycles. The lowest BCUT2D eigenvalue weighted by Crippen LogP contribution is -2.39. The maximum Gasteiger partial charge on any atom is 0.319 e. The Morgan fingerprint density at radius 2 is 1.79 bits per heavy atom. The minimum Gasteiger partial charge on any atom is -0.396 e. The Morgan fingerprint density at radius 3 is 2.33 bits per heavy atom. The van der Waals surface area contributed by atoms with Crippen molar-refractivity contribution in [3.8, 4) is 5.69 Å². The van der Waals surface area contributed by atoms with Gasteiger partial charge in [0.1, 0.15) is 0 Å². The number of carbonyl (C=O) groups is 1. The van der Waals surface area contributed by atoms with Gasteiger partial charge in [0.05, 0.1) is 18.1 Å². The van der Waals surface area contributed by atoms with E-state index in [2.05, 4.69) is 34.7 Å². The van der Waals surface area contributed by atoms with Gasteiger partial charge in [0.2, 0.25) is 0 Å². The fourth-order valence-electron chi connectivity index (χ4n) is 2.65. The quantitative estimate of drug-likeness (QED) is 0.693. The molecule has 1 aromatic carbocycles. The van der Waals surface area contributed by atoms with E-state index < -0.39 is 0 Å². The van der Waals surface area contributed by atoms with Crippen LogP contribution in [0.25, 0.3) is 5.69 Å². The number of aliphatic hydroxyl groups excluding tert-OH is 1. The molecule has 0 aliphatic heterocycles. The number of nitrogens with one attached hydrogen (secondary N) is 2. The molecule has 0 unspecified atom stereocenters. The van der Waals surface area contributed by atoms with Gasteiger partial charge in [-0.15, -0.1) is 0 Å². The van der Waals surface area contributed by atoms with Crippen LogP contribution in [0.4, 0.5) is 10.5 Å². The summed E-state index contributed by atoms with van der Waals surface area (Å²) < 4.78 is 0. The predicted octanol–water partition coefficient (Wildman–Crippen LogP) is 2.58. The highest BCUT2D eigenvalue weighted by Gasteiger charge is 2.26. The maximum absolute atomic E-state index is 12.1. The van der Waals surface area contributed by atoms with Crippen molar-refractivity contribution in [2.24, 2.45) is 5.41 Å². The summed E-state index contributed by atoms with van der Waals surface area (Å²) >= 11 is 0. The first-order valence-corrected chi connectivity index (χ1v) is 8.25. The van der Waals surface area contributed by atoms with Crippen LogP contribution in [0.15, 0.2) is 36.7 Å². The zero-order valence-electron chi connectivity index (χ0n) is 14.2. The number of aromatic nitrogens is 3. The number of amides is 2. The summed E-state index contributed by atoms with van der Waals surface area (Å²) in [6, 6.07) is 7.04. The van der Waals surface area contributed by atoms with Crippen molar-refractivity contribution in [2.45, 2.75) is 33.1 Å². The largest absolute Gasteiger partial charge is 0.396 e. The number of anilines is 1. The summed E-state index contributed by atoms with van der Waals surface area (Å²) in [5, 5.41) is 23.1. The predicted molar refractivity (Wildman–Crippen MR) is 93.1 cm³/mol. The highest BCUT2D eigenvalue weighted by Crippen LogP contribution is 2.29. The second-order valence-corrected chi connectivity index (χ2v) is 5.85. The molecule has 2 amide bonds. The molecular weight excluding hydrogens is 306 g/mol. The van der Waals surface area contributed by atoms with Gasteiger partial charge in [-0.05, 0) is 48.9 Å². The minimum atomic E-state index is -0.246. The third-order valence-corrected chi connectivity index (χ3v) is 4.54. The number of hydrogen-bond donors (Lipinski definition) is 3. The lowest BCUT2D eigenvalue weighted by Gasteiger charge is -2.31. The Morgan fingerprint density at radius 1 is 1.17 bits per heavy atom. The third kappa shape index (κ3) is 4.55. The Hall–Kier alpha value is -2.41. The van der Waals surface area contributed by atoms with E-state index in [1.165, 1.54) is 4.80 Å². The number of benzene rings is 1. The van der Waals surface area contributed by atoms with Crippen LogP contribution >= 0.6 is 0 Å². The summed E-state index contributed by atoms with van der Waals surface area (Å²) in [7, 11) is 0. The second-order valence-electron chi connectivity index (χ2n) is 5.85. The van der Waals surface area contributed by atoms with Crippen molar-refractivity contribution < 1.29 is 9.90 Å². The van der Waals surface area contributed by atoms with Crippen LogP contribution in [0, 0.1) is 5.41 Å². The fourth-order valence-corrected chi connectivity index (χ4v) is 2.65. The van der Waals surface area contributed by atoms with E-state index in [0.29, 0.717) is 18.7 Å². The molecule has 0 atom stereocenters.